The van der Waals surface area contributed by atoms with Crippen molar-refractivity contribution in [3.05, 3.63) is 66.5 Å². The van der Waals surface area contributed by atoms with Crippen molar-refractivity contribution in [1.29, 1.82) is 0 Å². The number of aryl methyl sites for hydroxylation is 1. The number of carbonyl (C=O) groups is 1. The van der Waals surface area contributed by atoms with Crippen LogP contribution in [0.25, 0.3) is 16.9 Å². The van der Waals surface area contributed by atoms with E-state index in [4.69, 9.17) is 9.36 Å². The smallest absolute Gasteiger partial charge is 0.246 e. The van der Waals surface area contributed by atoms with E-state index >= 15 is 0 Å². The van der Waals surface area contributed by atoms with Crippen LogP contribution in [0.1, 0.15) is 45.5 Å². The van der Waals surface area contributed by atoms with Gasteiger partial charge in [-0.1, -0.05) is 27.7 Å². The SMILES string of the molecule is CCCN(Cc1cc(Nc2nc(C)cn3c(-c4cnn(CC(=O)Nc5ccncc5F)c4)cnc23)sn1)CC(C)(C)C. The number of aromatic nitrogens is 7. The van der Waals surface area contributed by atoms with Gasteiger partial charge >= 0.3 is 0 Å². The van der Waals surface area contributed by atoms with Crippen molar-refractivity contribution in [3.8, 4) is 11.3 Å². The molecule has 5 heterocycles. The molecule has 0 aliphatic rings. The van der Waals surface area contributed by atoms with E-state index in [0.29, 0.717) is 11.5 Å². The molecule has 0 spiro atoms. The second-order valence-electron chi connectivity index (χ2n) is 11.5. The molecule has 0 unspecified atom stereocenters. The summed E-state index contributed by atoms with van der Waals surface area (Å²) < 4.78 is 22.0. The molecule has 0 bridgehead atoms. The second-order valence-corrected chi connectivity index (χ2v) is 12.3. The number of rotatable bonds is 11. The Balaban J connectivity index is 1.31. The molecule has 0 fully saturated rings. The minimum absolute atomic E-state index is 0.0726. The van der Waals surface area contributed by atoms with E-state index < -0.39 is 11.7 Å². The van der Waals surface area contributed by atoms with E-state index in [1.54, 1.807) is 18.6 Å². The first-order valence-electron chi connectivity index (χ1n) is 13.8. The highest BCUT2D eigenvalue weighted by Gasteiger charge is 2.19. The van der Waals surface area contributed by atoms with E-state index in [0.717, 1.165) is 59.9 Å². The maximum absolute atomic E-state index is 13.8. The van der Waals surface area contributed by atoms with E-state index in [1.807, 2.05) is 17.5 Å². The van der Waals surface area contributed by atoms with Crippen molar-refractivity contribution in [2.24, 2.45) is 5.41 Å². The van der Waals surface area contributed by atoms with Crippen LogP contribution in [0.5, 0.6) is 0 Å². The Bertz CT molecular complexity index is 1690. The Kier molecular flexibility index (Phi) is 8.59. The zero-order valence-electron chi connectivity index (χ0n) is 24.4. The van der Waals surface area contributed by atoms with Gasteiger partial charge in [0.1, 0.15) is 11.5 Å². The maximum atomic E-state index is 13.8. The number of anilines is 3. The second kappa shape index (κ2) is 12.3. The summed E-state index contributed by atoms with van der Waals surface area (Å²) in [5, 5.41) is 11.2. The first-order chi connectivity index (χ1) is 20.1. The molecule has 0 aromatic carbocycles. The number of carbonyl (C=O) groups excluding carboxylic acids is 1. The van der Waals surface area contributed by atoms with Gasteiger partial charge in [-0.3, -0.25) is 23.8 Å². The predicted molar refractivity (Wildman–Crippen MR) is 162 cm³/mol. The van der Waals surface area contributed by atoms with E-state index in [9.17, 15) is 9.18 Å². The lowest BCUT2D eigenvalue weighted by atomic mass is 9.96. The monoisotopic (exact) mass is 590 g/mol. The van der Waals surface area contributed by atoms with Crippen LogP contribution in [-0.4, -0.2) is 57.4 Å². The average molecular weight is 591 g/mol. The topological polar surface area (TPSA) is 118 Å². The van der Waals surface area contributed by atoms with Crippen LogP contribution < -0.4 is 10.6 Å². The minimum Gasteiger partial charge on any atom is -0.328 e. The van der Waals surface area contributed by atoms with Crippen LogP contribution in [0.2, 0.25) is 0 Å². The molecule has 0 saturated heterocycles. The number of pyridine rings is 1. The van der Waals surface area contributed by atoms with Crippen LogP contribution in [-0.2, 0) is 17.9 Å². The van der Waals surface area contributed by atoms with Crippen molar-refractivity contribution < 1.29 is 9.18 Å². The third-order valence-corrected chi connectivity index (χ3v) is 7.06. The first-order valence-corrected chi connectivity index (χ1v) is 14.6. The average Bonchev–Trinajstić information content (AvgIpc) is 3.65. The van der Waals surface area contributed by atoms with Crippen LogP contribution >= 0.6 is 11.5 Å². The van der Waals surface area contributed by atoms with Crippen LogP contribution in [0.3, 0.4) is 0 Å². The highest BCUT2D eigenvalue weighted by atomic mass is 32.1. The third-order valence-electron chi connectivity index (χ3n) is 6.32. The Labute approximate surface area is 248 Å². The molecule has 42 heavy (non-hydrogen) atoms. The number of nitrogens with one attached hydrogen (secondary N) is 2. The summed E-state index contributed by atoms with van der Waals surface area (Å²) in [5.74, 6) is -0.373. The highest BCUT2D eigenvalue weighted by molar-refractivity contribution is 7.10. The van der Waals surface area contributed by atoms with Gasteiger partial charge in [0.2, 0.25) is 5.91 Å². The van der Waals surface area contributed by atoms with Gasteiger partial charge in [-0.2, -0.15) is 9.47 Å². The first kappa shape index (κ1) is 29.3. The summed E-state index contributed by atoms with van der Waals surface area (Å²) in [6.45, 7) is 13.6. The summed E-state index contributed by atoms with van der Waals surface area (Å²) in [7, 11) is 0. The van der Waals surface area contributed by atoms with Crippen molar-refractivity contribution in [3.63, 3.8) is 0 Å². The lowest BCUT2D eigenvalue weighted by Gasteiger charge is -2.29. The summed E-state index contributed by atoms with van der Waals surface area (Å²) in [6, 6.07) is 3.48. The molecule has 0 saturated carbocycles. The van der Waals surface area contributed by atoms with Gasteiger partial charge in [0.15, 0.2) is 17.3 Å². The molecule has 0 aliphatic heterocycles. The van der Waals surface area contributed by atoms with Crippen LogP contribution in [0.4, 0.5) is 20.9 Å². The van der Waals surface area contributed by atoms with Gasteiger partial charge < -0.3 is 10.6 Å². The van der Waals surface area contributed by atoms with Crippen molar-refractivity contribution >= 4 is 39.6 Å². The molecule has 220 valence electrons. The molecule has 2 N–H and O–H groups in total. The number of hydrogen-bond acceptors (Lipinski definition) is 9. The molecule has 0 atom stereocenters. The number of hydrogen-bond donors (Lipinski definition) is 2. The van der Waals surface area contributed by atoms with Gasteiger partial charge in [0.25, 0.3) is 0 Å². The van der Waals surface area contributed by atoms with E-state index in [2.05, 4.69) is 64.4 Å². The van der Waals surface area contributed by atoms with Gasteiger partial charge in [-0.25, -0.2) is 14.4 Å². The fourth-order valence-electron chi connectivity index (χ4n) is 4.79. The number of imidazole rings is 1. The fraction of sp³-hybridized carbons (Fsp3) is 0.379. The van der Waals surface area contributed by atoms with Gasteiger partial charge in [0, 0.05) is 37.2 Å². The molecule has 0 aliphatic carbocycles. The molecule has 13 heteroatoms. The molecular formula is C29H35FN10OS. The Morgan fingerprint density at radius 2 is 2.02 bits per heavy atom. The highest BCUT2D eigenvalue weighted by Crippen LogP contribution is 2.28. The number of fused-ring (bicyclic) bond motifs is 1. The Morgan fingerprint density at radius 3 is 2.79 bits per heavy atom. The Hall–Kier alpha value is -4.23. The third kappa shape index (κ3) is 7.15. The Morgan fingerprint density at radius 1 is 1.19 bits per heavy atom. The lowest BCUT2D eigenvalue weighted by molar-refractivity contribution is -0.116. The molecule has 5 aromatic heterocycles. The molecular weight excluding hydrogens is 555 g/mol. The van der Waals surface area contributed by atoms with Crippen LogP contribution in [0, 0.1) is 18.2 Å². The van der Waals surface area contributed by atoms with E-state index in [-0.39, 0.29) is 17.6 Å². The predicted octanol–water partition coefficient (Wildman–Crippen LogP) is 5.53. The number of amides is 1. The fourth-order valence-corrected chi connectivity index (χ4v) is 5.45. The molecule has 11 nitrogen and oxygen atoms in total. The van der Waals surface area contributed by atoms with Crippen molar-refractivity contribution in [2.45, 2.75) is 54.1 Å². The lowest BCUT2D eigenvalue weighted by Crippen LogP contribution is -2.33. The van der Waals surface area contributed by atoms with E-state index in [1.165, 1.54) is 28.5 Å². The number of halogens is 1. The number of nitrogens with zero attached hydrogens (tertiary/aromatic N) is 8. The quantitative estimate of drug-likeness (QED) is 0.206. The van der Waals surface area contributed by atoms with Gasteiger partial charge in [-0.15, -0.1) is 0 Å². The standard InChI is InChI=1S/C29H35FN10OS/c1-6-9-38(18-29(3,4)5)16-21-10-26(42-37-21)36-27-28-32-13-24(40(28)14-19(2)34-27)20-11-33-39(15-20)17-25(41)35-23-7-8-31-12-22(23)30/h7-8,10-15H,6,9,16-18H2,1-5H3,(H,34,36)(H,31,35,41). The molecule has 1 amide bonds. The normalized spacial score (nSPS) is 11.9. The minimum atomic E-state index is -0.598. The maximum Gasteiger partial charge on any atom is 0.246 e. The zero-order chi connectivity index (χ0) is 29.9. The summed E-state index contributed by atoms with van der Waals surface area (Å²) in [4.78, 5) is 27.9. The van der Waals surface area contributed by atoms with Crippen molar-refractivity contribution in [1.82, 2.24) is 38.4 Å². The van der Waals surface area contributed by atoms with Crippen molar-refractivity contribution in [2.75, 3.05) is 23.7 Å². The largest absolute Gasteiger partial charge is 0.328 e. The summed E-state index contributed by atoms with van der Waals surface area (Å²) in [6.07, 6.45) is 10.6. The molecule has 0 radical (unpaired) electrons. The zero-order valence-corrected chi connectivity index (χ0v) is 25.2. The molecule has 5 aromatic rings. The summed E-state index contributed by atoms with van der Waals surface area (Å²) in [5.41, 5.74) is 4.34. The molecule has 5 rings (SSSR count). The van der Waals surface area contributed by atoms with Crippen LogP contribution in [0.15, 0.2) is 49.3 Å². The van der Waals surface area contributed by atoms with Gasteiger partial charge in [0.05, 0.1) is 41.4 Å². The van der Waals surface area contributed by atoms with Gasteiger partial charge in [-0.05, 0) is 49.0 Å². The summed E-state index contributed by atoms with van der Waals surface area (Å²) >= 11 is 1.41.